The highest BCUT2D eigenvalue weighted by molar-refractivity contribution is 7.89. The molecule has 0 fully saturated rings. The molecule has 0 amide bonds. The molecule has 0 spiro atoms. The van der Waals surface area contributed by atoms with E-state index >= 15 is 0 Å². The van der Waals surface area contributed by atoms with Gasteiger partial charge < -0.3 is 14.0 Å². The lowest BCUT2D eigenvalue weighted by Gasteiger charge is -2.13. The maximum Gasteiger partial charge on any atom is 0.324 e. The van der Waals surface area contributed by atoms with Crippen molar-refractivity contribution in [3.8, 4) is 17.1 Å². The quantitative estimate of drug-likeness (QED) is 0.540. The van der Waals surface area contributed by atoms with Crippen LogP contribution in [0.3, 0.4) is 0 Å². The van der Waals surface area contributed by atoms with Crippen LogP contribution in [-0.4, -0.2) is 37.7 Å². The van der Waals surface area contributed by atoms with Crippen molar-refractivity contribution in [1.82, 2.24) is 14.9 Å². The molecule has 0 aliphatic rings. The summed E-state index contributed by atoms with van der Waals surface area (Å²) in [7, 11) is -2.43. The molecule has 0 unspecified atom stereocenters. The van der Waals surface area contributed by atoms with Gasteiger partial charge in [-0.25, -0.2) is 8.42 Å². The zero-order valence-electron chi connectivity index (χ0n) is 16.7. The molecule has 1 N–H and O–H groups in total. The Balaban J connectivity index is 1.57. The van der Waals surface area contributed by atoms with Gasteiger partial charge >= 0.3 is 5.97 Å². The summed E-state index contributed by atoms with van der Waals surface area (Å²) in [4.78, 5) is 16.4. The van der Waals surface area contributed by atoms with E-state index in [1.54, 1.807) is 0 Å². The van der Waals surface area contributed by atoms with Gasteiger partial charge in [-0.3, -0.25) is 4.79 Å². The van der Waals surface area contributed by atoms with Crippen LogP contribution in [0.4, 0.5) is 0 Å². The average Bonchev–Trinajstić information content (AvgIpc) is 3.21. The van der Waals surface area contributed by atoms with E-state index in [4.69, 9.17) is 14.0 Å². The molecule has 1 aromatic heterocycles. The van der Waals surface area contributed by atoms with Crippen molar-refractivity contribution in [1.29, 1.82) is 0 Å². The lowest BCUT2D eigenvalue weighted by Crippen LogP contribution is -2.39. The minimum Gasteiger partial charge on any atom is -0.497 e. The number of carbonyl (C=O) groups excluding carboxylic acids is 1. The van der Waals surface area contributed by atoms with Gasteiger partial charge in [0.05, 0.1) is 12.0 Å². The van der Waals surface area contributed by atoms with Gasteiger partial charge in [-0.2, -0.15) is 9.71 Å². The first-order valence-electron chi connectivity index (χ1n) is 9.01. The Kier molecular flexibility index (Phi) is 6.48. The summed E-state index contributed by atoms with van der Waals surface area (Å²) in [5, 5.41) is 3.85. The van der Waals surface area contributed by atoms with Gasteiger partial charge in [0, 0.05) is 5.56 Å². The van der Waals surface area contributed by atoms with E-state index in [0.717, 1.165) is 11.1 Å². The van der Waals surface area contributed by atoms with Crippen LogP contribution in [0.5, 0.6) is 5.75 Å². The summed E-state index contributed by atoms with van der Waals surface area (Å²) in [5.74, 6) is 0.214. The number of esters is 1. The van der Waals surface area contributed by atoms with E-state index in [0.29, 0.717) is 11.6 Å². The van der Waals surface area contributed by atoms with E-state index in [9.17, 15) is 13.2 Å². The Morgan fingerprint density at radius 3 is 2.43 bits per heavy atom. The SMILES string of the molecule is COc1ccc(S(=O)(=O)N[C@H](C)C(=O)OCc2nc(-c3ccc(C)cc3)no2)cc1. The summed E-state index contributed by atoms with van der Waals surface area (Å²) in [6, 6.07) is 12.2. The van der Waals surface area contributed by atoms with Crippen LogP contribution in [-0.2, 0) is 26.2 Å². The second-order valence-electron chi connectivity index (χ2n) is 6.50. The molecule has 0 saturated heterocycles. The maximum atomic E-state index is 12.4. The first-order chi connectivity index (χ1) is 14.3. The summed E-state index contributed by atoms with van der Waals surface area (Å²) in [5.41, 5.74) is 1.87. The third kappa shape index (κ3) is 5.22. The van der Waals surface area contributed by atoms with Crippen molar-refractivity contribution in [2.75, 3.05) is 7.11 Å². The number of hydrogen-bond donors (Lipinski definition) is 1. The second kappa shape index (κ2) is 9.06. The highest BCUT2D eigenvalue weighted by Crippen LogP contribution is 2.17. The van der Waals surface area contributed by atoms with Crippen molar-refractivity contribution in [3.05, 3.63) is 60.0 Å². The van der Waals surface area contributed by atoms with Gasteiger partial charge in [0.15, 0.2) is 6.61 Å². The van der Waals surface area contributed by atoms with Crippen LogP contribution in [0.25, 0.3) is 11.4 Å². The largest absolute Gasteiger partial charge is 0.497 e. The molecule has 30 heavy (non-hydrogen) atoms. The molecular formula is C20H21N3O6S. The fourth-order valence-corrected chi connectivity index (χ4v) is 3.69. The number of rotatable bonds is 8. The molecule has 0 aliphatic heterocycles. The van der Waals surface area contributed by atoms with Crippen LogP contribution in [0.15, 0.2) is 57.9 Å². The summed E-state index contributed by atoms with van der Waals surface area (Å²) in [6.07, 6.45) is 0. The normalized spacial score (nSPS) is 12.4. The lowest BCUT2D eigenvalue weighted by molar-refractivity contribution is -0.147. The summed E-state index contributed by atoms with van der Waals surface area (Å²) in [6.45, 7) is 3.08. The maximum absolute atomic E-state index is 12.4. The molecule has 0 bridgehead atoms. The Bertz CT molecular complexity index is 1110. The van der Waals surface area contributed by atoms with Gasteiger partial charge in [0.1, 0.15) is 11.8 Å². The third-order valence-electron chi connectivity index (χ3n) is 4.17. The number of nitrogens with one attached hydrogen (secondary N) is 1. The minimum absolute atomic E-state index is 0.00240. The van der Waals surface area contributed by atoms with Crippen molar-refractivity contribution in [2.24, 2.45) is 0 Å². The van der Waals surface area contributed by atoms with Crippen LogP contribution in [0, 0.1) is 6.92 Å². The molecule has 2 aromatic carbocycles. The van der Waals surface area contributed by atoms with E-state index in [-0.39, 0.29) is 17.4 Å². The monoisotopic (exact) mass is 431 g/mol. The van der Waals surface area contributed by atoms with Gasteiger partial charge in [-0.05, 0) is 38.1 Å². The molecule has 158 valence electrons. The highest BCUT2D eigenvalue weighted by atomic mass is 32.2. The van der Waals surface area contributed by atoms with Crippen molar-refractivity contribution >= 4 is 16.0 Å². The first-order valence-corrected chi connectivity index (χ1v) is 10.5. The fraction of sp³-hybridized carbons (Fsp3) is 0.250. The zero-order chi connectivity index (χ0) is 21.7. The number of aryl methyl sites for hydroxylation is 1. The van der Waals surface area contributed by atoms with Crippen LogP contribution >= 0.6 is 0 Å². The van der Waals surface area contributed by atoms with E-state index in [2.05, 4.69) is 14.9 Å². The van der Waals surface area contributed by atoms with Gasteiger partial charge in [-0.15, -0.1) is 0 Å². The first kappa shape index (κ1) is 21.5. The van der Waals surface area contributed by atoms with Crippen LogP contribution < -0.4 is 9.46 Å². The second-order valence-corrected chi connectivity index (χ2v) is 8.22. The Morgan fingerprint density at radius 2 is 1.80 bits per heavy atom. The molecular weight excluding hydrogens is 410 g/mol. The minimum atomic E-state index is -3.91. The number of sulfonamides is 1. The number of carbonyl (C=O) groups is 1. The molecule has 9 nitrogen and oxygen atoms in total. The molecule has 0 aliphatic carbocycles. The highest BCUT2D eigenvalue weighted by Gasteiger charge is 2.24. The zero-order valence-corrected chi connectivity index (χ0v) is 17.5. The van der Waals surface area contributed by atoms with Crippen LogP contribution in [0.2, 0.25) is 0 Å². The van der Waals surface area contributed by atoms with Gasteiger partial charge in [-0.1, -0.05) is 35.0 Å². The van der Waals surface area contributed by atoms with E-state index in [1.165, 1.54) is 38.3 Å². The molecule has 0 saturated carbocycles. The molecule has 0 radical (unpaired) electrons. The topological polar surface area (TPSA) is 121 Å². The van der Waals surface area contributed by atoms with Gasteiger partial charge in [0.25, 0.3) is 5.89 Å². The predicted molar refractivity (Wildman–Crippen MR) is 107 cm³/mol. The Morgan fingerprint density at radius 1 is 1.13 bits per heavy atom. The fourth-order valence-electron chi connectivity index (χ4n) is 2.50. The number of methoxy groups -OCH3 is 1. The number of ether oxygens (including phenoxy) is 2. The average molecular weight is 431 g/mol. The molecule has 1 atom stereocenters. The number of benzene rings is 2. The van der Waals surface area contributed by atoms with E-state index in [1.807, 2.05) is 31.2 Å². The molecule has 1 heterocycles. The van der Waals surface area contributed by atoms with Crippen molar-refractivity contribution < 1.29 is 27.2 Å². The third-order valence-corrected chi connectivity index (χ3v) is 5.73. The number of aromatic nitrogens is 2. The number of nitrogens with zero attached hydrogens (tertiary/aromatic N) is 2. The Hall–Kier alpha value is -3.24. The smallest absolute Gasteiger partial charge is 0.324 e. The summed E-state index contributed by atoms with van der Waals surface area (Å²) >= 11 is 0. The van der Waals surface area contributed by atoms with Gasteiger partial charge in [0.2, 0.25) is 15.8 Å². The summed E-state index contributed by atoms with van der Waals surface area (Å²) < 4.78 is 42.3. The molecule has 3 aromatic rings. The molecule has 3 rings (SSSR count). The molecule has 10 heteroatoms. The lowest BCUT2D eigenvalue weighted by atomic mass is 10.1. The Labute approximate surface area is 174 Å². The standard InChI is InChI=1S/C20H21N3O6S/c1-13-4-6-15(7-5-13)19-21-18(29-22-19)12-28-20(24)14(2)23-30(25,26)17-10-8-16(27-3)9-11-17/h4-11,14,23H,12H2,1-3H3/t14-/m1/s1. The van der Waals surface area contributed by atoms with E-state index < -0.39 is 22.0 Å². The van der Waals surface area contributed by atoms with Crippen molar-refractivity contribution in [2.45, 2.75) is 31.4 Å². The van der Waals surface area contributed by atoms with Crippen LogP contribution in [0.1, 0.15) is 18.4 Å². The predicted octanol–water partition coefficient (Wildman–Crippen LogP) is 2.46. The number of hydrogen-bond acceptors (Lipinski definition) is 8. The van der Waals surface area contributed by atoms with Crippen molar-refractivity contribution in [3.63, 3.8) is 0 Å².